The molecule has 0 saturated carbocycles. The third-order valence-corrected chi connectivity index (χ3v) is 7.06. The first-order valence-corrected chi connectivity index (χ1v) is 12.4. The summed E-state index contributed by atoms with van der Waals surface area (Å²) in [5.74, 6) is 1.62. The van der Waals surface area contributed by atoms with E-state index in [-0.39, 0.29) is 5.91 Å². The number of nitrogens with zero attached hydrogens (tertiary/aromatic N) is 4. The van der Waals surface area contributed by atoms with Gasteiger partial charge in [-0.25, -0.2) is 9.97 Å². The third kappa shape index (κ3) is 4.57. The topological polar surface area (TPSA) is 90.6 Å². The van der Waals surface area contributed by atoms with Crippen LogP contribution >= 0.6 is 11.8 Å². The van der Waals surface area contributed by atoms with Gasteiger partial charge in [-0.1, -0.05) is 61.2 Å². The van der Waals surface area contributed by atoms with Crippen LogP contribution in [0.1, 0.15) is 13.3 Å². The number of hydrogen-bond donors (Lipinski definition) is 1. The molecule has 0 bridgehead atoms. The molecule has 3 aromatic carbocycles. The van der Waals surface area contributed by atoms with Gasteiger partial charge in [-0.15, -0.1) is 5.10 Å². The summed E-state index contributed by atoms with van der Waals surface area (Å²) in [5, 5.41) is 8.82. The van der Waals surface area contributed by atoms with Crippen molar-refractivity contribution in [3.63, 3.8) is 0 Å². The zero-order valence-corrected chi connectivity index (χ0v) is 21.0. The summed E-state index contributed by atoms with van der Waals surface area (Å²) in [4.78, 5) is 23.0. The summed E-state index contributed by atoms with van der Waals surface area (Å²) in [6.07, 6.45) is 0.582. The molecule has 0 aliphatic rings. The zero-order chi connectivity index (χ0) is 25.1. The van der Waals surface area contributed by atoms with Crippen molar-refractivity contribution in [1.82, 2.24) is 19.6 Å². The molecule has 5 aromatic rings. The van der Waals surface area contributed by atoms with E-state index in [9.17, 15) is 4.79 Å². The molecule has 5 rings (SSSR count). The Morgan fingerprint density at radius 1 is 1.00 bits per heavy atom. The molecule has 8 nitrogen and oxygen atoms in total. The molecule has 0 unspecified atom stereocenters. The van der Waals surface area contributed by atoms with E-state index in [1.54, 1.807) is 36.9 Å². The number of carbonyl (C=O) groups is 1. The number of thioether (sulfide) groups is 1. The van der Waals surface area contributed by atoms with E-state index in [4.69, 9.17) is 24.5 Å². The second kappa shape index (κ2) is 10.2. The number of ether oxygens (including phenoxy) is 2. The van der Waals surface area contributed by atoms with Gasteiger partial charge in [0.05, 0.1) is 30.7 Å². The van der Waals surface area contributed by atoms with Gasteiger partial charge in [0.25, 0.3) is 0 Å². The molecule has 1 atom stereocenters. The Morgan fingerprint density at radius 2 is 1.78 bits per heavy atom. The number of para-hydroxylation sites is 1. The standard InChI is InChI=1S/C27H25N5O3S/c1-4-23(26(33)28-21-16-18(34-2)14-15-22(21)35-3)36-27-29-20-13-9-8-12-19(20)25-30-24(31-32(25)27)17-10-6-5-7-11-17/h5-16,23H,4H2,1-3H3,(H,28,33)/t23-/m0/s1. The summed E-state index contributed by atoms with van der Waals surface area (Å²) < 4.78 is 12.5. The molecule has 0 saturated heterocycles. The van der Waals surface area contributed by atoms with Crippen LogP contribution in [-0.4, -0.2) is 45.0 Å². The van der Waals surface area contributed by atoms with Crippen LogP contribution in [0.4, 0.5) is 5.69 Å². The monoisotopic (exact) mass is 499 g/mol. The highest BCUT2D eigenvalue weighted by Crippen LogP contribution is 2.32. The lowest BCUT2D eigenvalue weighted by Crippen LogP contribution is -2.25. The predicted molar refractivity (Wildman–Crippen MR) is 142 cm³/mol. The van der Waals surface area contributed by atoms with Gasteiger partial charge >= 0.3 is 0 Å². The molecule has 2 aromatic heterocycles. The lowest BCUT2D eigenvalue weighted by molar-refractivity contribution is -0.115. The van der Waals surface area contributed by atoms with Crippen LogP contribution in [0, 0.1) is 0 Å². The number of amides is 1. The lowest BCUT2D eigenvalue weighted by Gasteiger charge is -2.17. The minimum Gasteiger partial charge on any atom is -0.497 e. The molecule has 0 aliphatic carbocycles. The van der Waals surface area contributed by atoms with Gasteiger partial charge in [0.15, 0.2) is 16.6 Å². The zero-order valence-electron chi connectivity index (χ0n) is 20.1. The van der Waals surface area contributed by atoms with E-state index in [2.05, 4.69) is 5.32 Å². The number of aromatic nitrogens is 4. The van der Waals surface area contributed by atoms with Gasteiger partial charge in [-0.2, -0.15) is 4.52 Å². The Labute approximate surface area is 212 Å². The van der Waals surface area contributed by atoms with E-state index in [0.717, 1.165) is 16.5 Å². The third-order valence-electron chi connectivity index (χ3n) is 5.76. The van der Waals surface area contributed by atoms with Crippen molar-refractivity contribution >= 4 is 39.9 Å². The molecule has 9 heteroatoms. The number of fused-ring (bicyclic) bond motifs is 3. The fraction of sp³-hybridized carbons (Fsp3) is 0.185. The van der Waals surface area contributed by atoms with Crippen LogP contribution in [0.3, 0.4) is 0 Å². The smallest absolute Gasteiger partial charge is 0.238 e. The molecule has 0 aliphatic heterocycles. The van der Waals surface area contributed by atoms with E-state index in [1.807, 2.05) is 61.5 Å². The van der Waals surface area contributed by atoms with Gasteiger partial charge < -0.3 is 14.8 Å². The Hall–Kier alpha value is -4.11. The molecule has 0 radical (unpaired) electrons. The first-order valence-electron chi connectivity index (χ1n) is 11.5. The molecule has 1 amide bonds. The van der Waals surface area contributed by atoms with Crippen molar-refractivity contribution in [2.75, 3.05) is 19.5 Å². The summed E-state index contributed by atoms with van der Waals surface area (Å²) in [7, 11) is 3.14. The minimum absolute atomic E-state index is 0.166. The molecule has 1 N–H and O–H groups in total. The maximum atomic E-state index is 13.3. The van der Waals surface area contributed by atoms with E-state index in [1.165, 1.54) is 11.8 Å². The molecule has 36 heavy (non-hydrogen) atoms. The van der Waals surface area contributed by atoms with Crippen LogP contribution in [0.25, 0.3) is 27.9 Å². The first kappa shape index (κ1) is 23.6. The predicted octanol–water partition coefficient (Wildman–Crippen LogP) is 5.47. The Morgan fingerprint density at radius 3 is 2.53 bits per heavy atom. The quantitative estimate of drug-likeness (QED) is 0.224. The van der Waals surface area contributed by atoms with Crippen LogP contribution in [0.2, 0.25) is 0 Å². The first-order chi connectivity index (χ1) is 17.6. The average Bonchev–Trinajstić information content (AvgIpc) is 3.38. The average molecular weight is 500 g/mol. The number of benzene rings is 3. The fourth-order valence-corrected chi connectivity index (χ4v) is 4.86. The molecular weight excluding hydrogens is 474 g/mol. The minimum atomic E-state index is -0.429. The van der Waals surface area contributed by atoms with Gasteiger partial charge in [0, 0.05) is 17.0 Å². The van der Waals surface area contributed by atoms with Crippen molar-refractivity contribution in [3.8, 4) is 22.9 Å². The molecular formula is C27H25N5O3S. The van der Waals surface area contributed by atoms with Gasteiger partial charge in [0.2, 0.25) is 5.91 Å². The van der Waals surface area contributed by atoms with Crippen molar-refractivity contribution in [3.05, 3.63) is 72.8 Å². The van der Waals surface area contributed by atoms with Gasteiger partial charge in [-0.05, 0) is 30.7 Å². The van der Waals surface area contributed by atoms with Crippen LogP contribution in [-0.2, 0) is 4.79 Å². The van der Waals surface area contributed by atoms with E-state index >= 15 is 0 Å². The van der Waals surface area contributed by atoms with Crippen LogP contribution in [0.5, 0.6) is 11.5 Å². The number of methoxy groups -OCH3 is 2. The van der Waals surface area contributed by atoms with Gasteiger partial charge in [-0.3, -0.25) is 4.79 Å². The highest BCUT2D eigenvalue weighted by Gasteiger charge is 2.24. The summed E-state index contributed by atoms with van der Waals surface area (Å²) in [5.41, 5.74) is 2.96. The normalized spacial score (nSPS) is 12.0. The maximum absolute atomic E-state index is 13.3. The lowest BCUT2D eigenvalue weighted by atomic mass is 10.2. The molecule has 2 heterocycles. The number of anilines is 1. The SMILES string of the molecule is CC[C@H](Sc1nc2ccccc2c2nc(-c3ccccc3)nn12)C(=O)Nc1cc(OC)ccc1OC. The second-order valence-electron chi connectivity index (χ2n) is 8.02. The summed E-state index contributed by atoms with van der Waals surface area (Å²) >= 11 is 1.36. The van der Waals surface area contributed by atoms with Crippen LogP contribution < -0.4 is 14.8 Å². The Balaban J connectivity index is 1.52. The summed E-state index contributed by atoms with van der Waals surface area (Å²) in [6.45, 7) is 1.97. The van der Waals surface area contributed by atoms with Crippen molar-refractivity contribution in [1.29, 1.82) is 0 Å². The number of carbonyl (C=O) groups excluding carboxylic acids is 1. The fourth-order valence-electron chi connectivity index (χ4n) is 3.89. The maximum Gasteiger partial charge on any atom is 0.238 e. The largest absolute Gasteiger partial charge is 0.497 e. The van der Waals surface area contributed by atoms with E-state index in [0.29, 0.717) is 40.2 Å². The van der Waals surface area contributed by atoms with E-state index < -0.39 is 5.25 Å². The highest BCUT2D eigenvalue weighted by atomic mass is 32.2. The second-order valence-corrected chi connectivity index (χ2v) is 9.19. The van der Waals surface area contributed by atoms with Crippen molar-refractivity contribution in [2.45, 2.75) is 23.8 Å². The number of hydrogen-bond acceptors (Lipinski definition) is 7. The van der Waals surface area contributed by atoms with Gasteiger partial charge in [0.1, 0.15) is 11.5 Å². The molecule has 182 valence electrons. The molecule has 0 fully saturated rings. The number of nitrogens with one attached hydrogen (secondary N) is 1. The highest BCUT2D eigenvalue weighted by molar-refractivity contribution is 8.00. The summed E-state index contributed by atoms with van der Waals surface area (Å²) in [6, 6.07) is 22.9. The Kier molecular flexibility index (Phi) is 6.73. The molecule has 0 spiro atoms. The number of rotatable bonds is 8. The van der Waals surface area contributed by atoms with Crippen molar-refractivity contribution < 1.29 is 14.3 Å². The Bertz CT molecular complexity index is 1540. The van der Waals surface area contributed by atoms with Crippen LogP contribution in [0.15, 0.2) is 78.0 Å². The van der Waals surface area contributed by atoms with Crippen molar-refractivity contribution in [2.24, 2.45) is 0 Å².